The Hall–Kier alpha value is -4.08. The van der Waals surface area contributed by atoms with Gasteiger partial charge in [0.15, 0.2) is 5.69 Å². The Balaban J connectivity index is 2.08. The summed E-state index contributed by atoms with van der Waals surface area (Å²) >= 11 is 0. The van der Waals surface area contributed by atoms with Crippen molar-refractivity contribution in [1.29, 1.82) is 0 Å². The summed E-state index contributed by atoms with van der Waals surface area (Å²) in [4.78, 5) is 41.3. The molecule has 2 amide bonds. The Morgan fingerprint density at radius 1 is 1.24 bits per heavy atom. The van der Waals surface area contributed by atoms with Gasteiger partial charge in [-0.1, -0.05) is 6.07 Å². The van der Waals surface area contributed by atoms with Crippen molar-refractivity contribution >= 4 is 23.4 Å². The number of carboxylic acids is 1. The lowest BCUT2D eigenvalue weighted by Gasteiger charge is -2.24. The number of carbonyl (C=O) groups excluding carboxylic acids is 1. The number of rotatable bonds is 6. The van der Waals surface area contributed by atoms with Crippen molar-refractivity contribution in [2.24, 2.45) is 7.05 Å². The van der Waals surface area contributed by atoms with Crippen molar-refractivity contribution in [1.82, 2.24) is 19.4 Å². The Kier molecular flexibility index (Phi) is 5.63. The van der Waals surface area contributed by atoms with Crippen LogP contribution in [0, 0.1) is 0 Å². The summed E-state index contributed by atoms with van der Waals surface area (Å²) in [6, 6.07) is 7.27. The highest BCUT2D eigenvalue weighted by atomic mass is 16.4. The third kappa shape index (κ3) is 4.26. The molecule has 0 atom stereocenters. The third-order valence-electron chi connectivity index (χ3n) is 4.15. The topological polar surface area (TPSA) is 130 Å². The maximum Gasteiger partial charge on any atom is 0.326 e. The second kappa shape index (κ2) is 8.30. The van der Waals surface area contributed by atoms with Crippen molar-refractivity contribution in [2.75, 3.05) is 11.4 Å². The van der Waals surface area contributed by atoms with Crippen molar-refractivity contribution in [2.45, 2.75) is 6.42 Å². The predicted molar refractivity (Wildman–Crippen MR) is 105 cm³/mol. The SMILES string of the molecule is Cn1ccc(O)c(N(C(=O)NCCC(=O)O)c2cccc(-n3ccnc3)c2)c1=O. The lowest BCUT2D eigenvalue weighted by atomic mass is 10.2. The molecular formula is C19H19N5O5. The van der Waals surface area contributed by atoms with Crippen molar-refractivity contribution in [3.05, 3.63) is 65.6 Å². The quantitative estimate of drug-likeness (QED) is 0.579. The zero-order valence-electron chi connectivity index (χ0n) is 15.5. The highest BCUT2D eigenvalue weighted by molar-refractivity contribution is 6.00. The molecule has 0 aliphatic heterocycles. The summed E-state index contributed by atoms with van der Waals surface area (Å²) < 4.78 is 2.94. The lowest BCUT2D eigenvalue weighted by Crippen LogP contribution is -2.41. The average molecular weight is 397 g/mol. The van der Waals surface area contributed by atoms with E-state index in [0.29, 0.717) is 11.4 Å². The van der Waals surface area contributed by atoms with Crippen molar-refractivity contribution in [3.8, 4) is 11.4 Å². The fraction of sp³-hybridized carbons (Fsp3) is 0.158. The molecule has 0 fully saturated rings. The fourth-order valence-electron chi connectivity index (χ4n) is 2.72. The highest BCUT2D eigenvalue weighted by Crippen LogP contribution is 2.31. The normalized spacial score (nSPS) is 10.5. The van der Waals surface area contributed by atoms with E-state index in [1.807, 2.05) is 0 Å². The molecule has 0 aliphatic rings. The lowest BCUT2D eigenvalue weighted by molar-refractivity contribution is -0.136. The molecule has 0 spiro atoms. The number of aliphatic carboxylic acids is 1. The second-order valence-electron chi connectivity index (χ2n) is 6.17. The molecule has 10 nitrogen and oxygen atoms in total. The molecule has 10 heteroatoms. The van der Waals surface area contributed by atoms with E-state index >= 15 is 0 Å². The molecule has 0 saturated carbocycles. The van der Waals surface area contributed by atoms with Crippen LogP contribution in [0.2, 0.25) is 0 Å². The minimum absolute atomic E-state index is 0.139. The summed E-state index contributed by atoms with van der Waals surface area (Å²) in [6.07, 6.45) is 5.99. The van der Waals surface area contributed by atoms with Crippen LogP contribution in [0.1, 0.15) is 6.42 Å². The Morgan fingerprint density at radius 3 is 2.72 bits per heavy atom. The van der Waals surface area contributed by atoms with Gasteiger partial charge in [-0.2, -0.15) is 0 Å². The number of benzene rings is 1. The third-order valence-corrected chi connectivity index (χ3v) is 4.15. The van der Waals surface area contributed by atoms with E-state index in [-0.39, 0.29) is 24.4 Å². The molecule has 0 aliphatic carbocycles. The number of pyridine rings is 1. The van der Waals surface area contributed by atoms with Crippen molar-refractivity contribution < 1.29 is 19.8 Å². The van der Waals surface area contributed by atoms with Crippen LogP contribution in [0.15, 0.2) is 60.0 Å². The fourth-order valence-corrected chi connectivity index (χ4v) is 2.72. The van der Waals surface area contributed by atoms with E-state index in [1.54, 1.807) is 47.6 Å². The van der Waals surface area contributed by atoms with Crippen LogP contribution in [0.3, 0.4) is 0 Å². The predicted octanol–water partition coefficient (Wildman–Crippen LogP) is 1.60. The molecular weight excluding hydrogens is 378 g/mol. The number of nitrogens with one attached hydrogen (secondary N) is 1. The van der Waals surface area contributed by atoms with Gasteiger partial charge in [0.05, 0.1) is 18.4 Å². The molecule has 29 heavy (non-hydrogen) atoms. The van der Waals surface area contributed by atoms with Gasteiger partial charge in [-0.25, -0.2) is 9.78 Å². The number of nitrogens with zero attached hydrogens (tertiary/aromatic N) is 4. The van der Waals surface area contributed by atoms with Gasteiger partial charge < -0.3 is 24.7 Å². The van der Waals surface area contributed by atoms with Gasteiger partial charge in [0.25, 0.3) is 5.56 Å². The number of hydrogen-bond acceptors (Lipinski definition) is 5. The van der Waals surface area contributed by atoms with E-state index in [9.17, 15) is 19.5 Å². The molecule has 3 N–H and O–H groups in total. The van der Waals surface area contributed by atoms with Crippen LogP contribution < -0.4 is 15.8 Å². The summed E-state index contributed by atoms with van der Waals surface area (Å²) in [5.41, 5.74) is 0.148. The van der Waals surface area contributed by atoms with Crippen LogP contribution in [0.4, 0.5) is 16.2 Å². The molecule has 1 aromatic carbocycles. The van der Waals surface area contributed by atoms with Gasteiger partial charge in [-0.15, -0.1) is 0 Å². The summed E-state index contributed by atoms with van der Waals surface area (Å²) in [6.45, 7) is -0.139. The summed E-state index contributed by atoms with van der Waals surface area (Å²) in [5.74, 6) is -1.45. The number of aryl methyl sites for hydroxylation is 1. The first-order chi connectivity index (χ1) is 13.9. The van der Waals surface area contributed by atoms with E-state index in [2.05, 4.69) is 10.3 Å². The van der Waals surface area contributed by atoms with Gasteiger partial charge in [0.1, 0.15) is 5.75 Å². The minimum atomic E-state index is -1.07. The second-order valence-corrected chi connectivity index (χ2v) is 6.17. The van der Waals surface area contributed by atoms with Crippen LogP contribution in [0.25, 0.3) is 5.69 Å². The number of carboxylic acid groups (broad SMARTS) is 1. The maximum absolute atomic E-state index is 12.9. The van der Waals surface area contributed by atoms with Crippen LogP contribution in [-0.4, -0.2) is 42.9 Å². The van der Waals surface area contributed by atoms with Gasteiger partial charge in [-0.3, -0.25) is 14.5 Å². The summed E-state index contributed by atoms with van der Waals surface area (Å²) in [7, 11) is 1.49. The standard InChI is InChI=1S/C19H19N5O5/c1-22-9-6-15(25)17(18(22)28)24(19(29)21-7-5-16(26)27)14-4-2-3-13(11-14)23-10-8-20-12-23/h2-4,6,8-12,25H,5,7H2,1H3,(H,21,29)(H,26,27). The van der Waals surface area contributed by atoms with Gasteiger partial charge in [0.2, 0.25) is 0 Å². The number of aromatic nitrogens is 3. The molecule has 0 unspecified atom stereocenters. The van der Waals surface area contributed by atoms with Crippen molar-refractivity contribution in [3.63, 3.8) is 0 Å². The van der Waals surface area contributed by atoms with E-state index in [0.717, 1.165) is 4.90 Å². The van der Waals surface area contributed by atoms with E-state index in [1.165, 1.54) is 23.9 Å². The number of urea groups is 1. The molecule has 2 aromatic heterocycles. The summed E-state index contributed by atoms with van der Waals surface area (Å²) in [5, 5.41) is 21.6. The Labute approximate surface area is 165 Å². The van der Waals surface area contributed by atoms with Gasteiger partial charge in [0, 0.05) is 37.9 Å². The number of hydrogen-bond donors (Lipinski definition) is 3. The van der Waals surface area contributed by atoms with Crippen LogP contribution in [-0.2, 0) is 11.8 Å². The average Bonchev–Trinajstić information content (AvgIpc) is 3.23. The number of amides is 2. The first-order valence-electron chi connectivity index (χ1n) is 8.65. The molecule has 0 bridgehead atoms. The molecule has 0 saturated heterocycles. The number of carbonyl (C=O) groups is 2. The number of anilines is 2. The van der Waals surface area contributed by atoms with Gasteiger partial charge in [-0.05, 0) is 24.3 Å². The first-order valence-corrected chi connectivity index (χ1v) is 8.65. The first kappa shape index (κ1) is 19.7. The van der Waals surface area contributed by atoms with E-state index < -0.39 is 17.6 Å². The molecule has 2 heterocycles. The largest absolute Gasteiger partial charge is 0.505 e. The zero-order valence-corrected chi connectivity index (χ0v) is 15.5. The zero-order chi connectivity index (χ0) is 21.0. The molecule has 3 aromatic rings. The van der Waals surface area contributed by atoms with Crippen LogP contribution in [0.5, 0.6) is 5.75 Å². The van der Waals surface area contributed by atoms with Gasteiger partial charge >= 0.3 is 12.0 Å². The van der Waals surface area contributed by atoms with E-state index in [4.69, 9.17) is 5.11 Å². The smallest absolute Gasteiger partial charge is 0.326 e. The molecule has 0 radical (unpaired) electrons. The minimum Gasteiger partial charge on any atom is -0.505 e. The van der Waals surface area contributed by atoms with Crippen LogP contribution >= 0.6 is 0 Å². The number of aromatic hydroxyl groups is 1. The number of imidazole rings is 1. The maximum atomic E-state index is 12.9. The Morgan fingerprint density at radius 2 is 2.03 bits per heavy atom. The monoisotopic (exact) mass is 397 g/mol. The molecule has 3 rings (SSSR count). The highest BCUT2D eigenvalue weighted by Gasteiger charge is 2.25. The molecule has 150 valence electrons. The Bertz CT molecular complexity index is 1090.